The van der Waals surface area contributed by atoms with Gasteiger partial charge in [-0.25, -0.2) is 4.79 Å². The quantitative estimate of drug-likeness (QED) is 0.820. The summed E-state index contributed by atoms with van der Waals surface area (Å²) in [5.41, 5.74) is 0.709. The van der Waals surface area contributed by atoms with Crippen molar-refractivity contribution >= 4 is 16.2 Å². The van der Waals surface area contributed by atoms with E-state index >= 15 is 0 Å². The third-order valence-corrected chi connectivity index (χ3v) is 3.46. The Morgan fingerprint density at radius 1 is 1.04 bits per heavy atom. The highest BCUT2D eigenvalue weighted by atomic mass is 32.2. The number of hydrogen-bond acceptors (Lipinski definition) is 5. The van der Waals surface area contributed by atoms with E-state index in [9.17, 15) is 13.2 Å². The molecular formula is C16H17NO5S. The molecule has 1 amide bonds. The van der Waals surface area contributed by atoms with Gasteiger partial charge in [0.05, 0.1) is 18.9 Å². The van der Waals surface area contributed by atoms with Crippen molar-refractivity contribution in [3.63, 3.8) is 0 Å². The van der Waals surface area contributed by atoms with Crippen LogP contribution in [0.4, 0.5) is 4.79 Å². The van der Waals surface area contributed by atoms with Crippen LogP contribution in [0.3, 0.4) is 0 Å². The lowest BCUT2D eigenvalue weighted by Crippen LogP contribution is -2.34. The van der Waals surface area contributed by atoms with Gasteiger partial charge in [0, 0.05) is 0 Å². The first-order chi connectivity index (χ1) is 10.9. The third-order valence-electron chi connectivity index (χ3n) is 2.90. The summed E-state index contributed by atoms with van der Waals surface area (Å²) in [6, 6.07) is 16.8. The van der Waals surface area contributed by atoms with E-state index in [4.69, 9.17) is 8.92 Å². The molecule has 0 spiro atoms. The Morgan fingerprint density at radius 2 is 1.61 bits per heavy atom. The number of para-hydroxylation sites is 1. The zero-order chi connectivity index (χ0) is 16.7. The number of ether oxygens (including phenoxy) is 1. The molecule has 23 heavy (non-hydrogen) atoms. The third kappa shape index (κ3) is 6.09. The van der Waals surface area contributed by atoms with E-state index in [0.29, 0.717) is 11.3 Å². The lowest BCUT2D eigenvalue weighted by Gasteiger charge is -2.18. The van der Waals surface area contributed by atoms with Crippen molar-refractivity contribution in [1.29, 1.82) is 0 Å². The van der Waals surface area contributed by atoms with Gasteiger partial charge < -0.3 is 10.1 Å². The topological polar surface area (TPSA) is 81.7 Å². The molecule has 0 saturated carbocycles. The van der Waals surface area contributed by atoms with E-state index in [1.807, 2.05) is 6.07 Å². The maximum Gasteiger partial charge on any atom is 0.413 e. The van der Waals surface area contributed by atoms with Crippen LogP contribution in [0, 0.1) is 0 Å². The Labute approximate surface area is 135 Å². The maximum atomic E-state index is 12.0. The van der Waals surface area contributed by atoms with Crippen LogP contribution in [0.1, 0.15) is 11.6 Å². The van der Waals surface area contributed by atoms with Crippen molar-refractivity contribution in [1.82, 2.24) is 5.32 Å². The lowest BCUT2D eigenvalue weighted by molar-refractivity contribution is 0.187. The van der Waals surface area contributed by atoms with Crippen LogP contribution >= 0.6 is 0 Å². The average Bonchev–Trinajstić information content (AvgIpc) is 2.52. The van der Waals surface area contributed by atoms with E-state index in [2.05, 4.69) is 5.32 Å². The van der Waals surface area contributed by atoms with Gasteiger partial charge in [-0.05, 0) is 17.7 Å². The first-order valence-corrected chi connectivity index (χ1v) is 8.68. The molecule has 0 heterocycles. The molecule has 1 atom stereocenters. The van der Waals surface area contributed by atoms with Gasteiger partial charge >= 0.3 is 6.09 Å². The Bertz CT molecular complexity index is 732. The molecule has 0 saturated heterocycles. The molecule has 0 bridgehead atoms. The SMILES string of the molecule is CS(=O)(=O)OCC(NC(=O)Oc1ccccc1)c1ccccc1. The van der Waals surface area contributed by atoms with Gasteiger partial charge in [0.2, 0.25) is 0 Å². The molecule has 0 fully saturated rings. The number of amides is 1. The van der Waals surface area contributed by atoms with Gasteiger partial charge in [-0.15, -0.1) is 0 Å². The van der Waals surface area contributed by atoms with Gasteiger partial charge in [0.25, 0.3) is 10.1 Å². The van der Waals surface area contributed by atoms with Crippen molar-refractivity contribution in [3.05, 3.63) is 66.2 Å². The lowest BCUT2D eigenvalue weighted by atomic mass is 10.1. The van der Waals surface area contributed by atoms with Crippen LogP contribution in [-0.2, 0) is 14.3 Å². The first kappa shape index (κ1) is 17.0. The van der Waals surface area contributed by atoms with Gasteiger partial charge in [0.15, 0.2) is 0 Å². The second kappa shape index (κ2) is 7.75. The molecule has 0 aromatic heterocycles. The zero-order valence-corrected chi connectivity index (χ0v) is 13.3. The molecule has 0 radical (unpaired) electrons. The Hall–Kier alpha value is -2.38. The van der Waals surface area contributed by atoms with Crippen LogP contribution < -0.4 is 10.1 Å². The van der Waals surface area contributed by atoms with Crippen LogP contribution in [-0.4, -0.2) is 27.4 Å². The van der Waals surface area contributed by atoms with Gasteiger partial charge in [-0.1, -0.05) is 48.5 Å². The average molecular weight is 335 g/mol. The summed E-state index contributed by atoms with van der Waals surface area (Å²) in [4.78, 5) is 12.0. The maximum absolute atomic E-state index is 12.0. The van der Waals surface area contributed by atoms with Gasteiger partial charge in [-0.2, -0.15) is 8.42 Å². The summed E-state index contributed by atoms with van der Waals surface area (Å²) < 4.78 is 32.3. The van der Waals surface area contributed by atoms with E-state index in [-0.39, 0.29) is 6.61 Å². The summed E-state index contributed by atoms with van der Waals surface area (Å²) in [5, 5.41) is 2.60. The number of nitrogens with one attached hydrogen (secondary N) is 1. The highest BCUT2D eigenvalue weighted by molar-refractivity contribution is 7.85. The zero-order valence-electron chi connectivity index (χ0n) is 12.5. The number of carbonyl (C=O) groups is 1. The first-order valence-electron chi connectivity index (χ1n) is 6.87. The van der Waals surface area contributed by atoms with Gasteiger partial charge in [0.1, 0.15) is 5.75 Å². The van der Waals surface area contributed by atoms with Crippen LogP contribution in [0.15, 0.2) is 60.7 Å². The minimum atomic E-state index is -3.61. The molecule has 1 N–H and O–H groups in total. The largest absolute Gasteiger partial charge is 0.413 e. The smallest absolute Gasteiger partial charge is 0.410 e. The number of carbonyl (C=O) groups excluding carboxylic acids is 1. The van der Waals surface area contributed by atoms with Crippen LogP contribution in [0.5, 0.6) is 5.75 Å². The standard InChI is InChI=1S/C16H17NO5S/c1-23(19,20)21-12-15(13-8-4-2-5-9-13)17-16(18)22-14-10-6-3-7-11-14/h2-11,15H,12H2,1H3,(H,17,18). The minimum absolute atomic E-state index is 0.216. The van der Waals surface area contributed by atoms with Crippen molar-refractivity contribution in [2.45, 2.75) is 6.04 Å². The number of rotatable bonds is 6. The fraction of sp³-hybridized carbons (Fsp3) is 0.188. The second-order valence-corrected chi connectivity index (χ2v) is 6.44. The van der Waals surface area contributed by atoms with Crippen molar-refractivity contribution in [2.24, 2.45) is 0 Å². The normalized spacial score (nSPS) is 12.4. The summed E-state index contributed by atoms with van der Waals surface area (Å²) in [7, 11) is -3.61. The van der Waals surface area contributed by atoms with E-state index in [0.717, 1.165) is 6.26 Å². The summed E-state index contributed by atoms with van der Waals surface area (Å²) in [6.07, 6.45) is 0.263. The summed E-state index contributed by atoms with van der Waals surface area (Å²) in [5.74, 6) is 0.390. The number of hydrogen-bond donors (Lipinski definition) is 1. The fourth-order valence-electron chi connectivity index (χ4n) is 1.87. The predicted molar refractivity (Wildman–Crippen MR) is 85.6 cm³/mol. The van der Waals surface area contributed by atoms with Gasteiger partial charge in [-0.3, -0.25) is 4.18 Å². The van der Waals surface area contributed by atoms with Crippen molar-refractivity contribution < 1.29 is 22.1 Å². The van der Waals surface area contributed by atoms with E-state index in [1.165, 1.54) is 0 Å². The molecule has 0 aliphatic rings. The van der Waals surface area contributed by atoms with Crippen molar-refractivity contribution in [3.8, 4) is 5.75 Å². The summed E-state index contributed by atoms with van der Waals surface area (Å²) in [6.45, 7) is -0.216. The number of benzene rings is 2. The predicted octanol–water partition coefficient (Wildman–Crippen LogP) is 2.49. The molecule has 2 rings (SSSR count). The molecule has 0 aliphatic heterocycles. The Morgan fingerprint density at radius 3 is 2.17 bits per heavy atom. The fourth-order valence-corrected chi connectivity index (χ4v) is 2.25. The summed E-state index contributed by atoms with van der Waals surface area (Å²) >= 11 is 0. The molecule has 7 heteroatoms. The van der Waals surface area contributed by atoms with Crippen molar-refractivity contribution in [2.75, 3.05) is 12.9 Å². The Balaban J connectivity index is 2.06. The Kier molecular flexibility index (Phi) is 5.72. The molecular weight excluding hydrogens is 318 g/mol. The van der Waals surface area contributed by atoms with E-state index in [1.54, 1.807) is 54.6 Å². The minimum Gasteiger partial charge on any atom is -0.410 e. The molecule has 2 aromatic rings. The molecule has 122 valence electrons. The second-order valence-electron chi connectivity index (χ2n) is 4.80. The molecule has 6 nitrogen and oxygen atoms in total. The molecule has 2 aromatic carbocycles. The highest BCUT2D eigenvalue weighted by Gasteiger charge is 2.18. The monoisotopic (exact) mass is 335 g/mol. The van der Waals surface area contributed by atoms with E-state index < -0.39 is 22.3 Å². The molecule has 1 unspecified atom stereocenters. The van der Waals surface area contributed by atoms with Crippen LogP contribution in [0.25, 0.3) is 0 Å². The highest BCUT2D eigenvalue weighted by Crippen LogP contribution is 2.15. The molecule has 0 aliphatic carbocycles. The van der Waals surface area contributed by atoms with Crippen LogP contribution in [0.2, 0.25) is 0 Å².